The third-order valence-electron chi connectivity index (χ3n) is 0.992. The molecule has 0 aromatic rings. The summed E-state index contributed by atoms with van der Waals surface area (Å²) in [4.78, 5) is 19.3. The van der Waals surface area contributed by atoms with Gasteiger partial charge in [-0.05, 0) is 27.7 Å². The van der Waals surface area contributed by atoms with Crippen LogP contribution in [0.2, 0.25) is 0 Å². The SMILES string of the molecule is C#CC(=O)O.C#CC(=O)OC(C)C.CCOCC.FB(F)F. The van der Waals surface area contributed by atoms with E-state index in [9.17, 15) is 17.7 Å². The van der Waals surface area contributed by atoms with Crippen LogP contribution in [0.3, 0.4) is 0 Å². The Morgan fingerprint density at radius 3 is 1.50 bits per heavy atom. The van der Waals surface area contributed by atoms with Crippen LogP contribution in [0.4, 0.5) is 12.9 Å². The van der Waals surface area contributed by atoms with Crippen molar-refractivity contribution < 1.29 is 37.1 Å². The third-order valence-corrected chi connectivity index (χ3v) is 0.992. The fourth-order valence-corrected chi connectivity index (χ4v) is 0.452. The molecule has 0 aliphatic carbocycles. The molecule has 5 nitrogen and oxygen atoms in total. The zero-order valence-electron chi connectivity index (χ0n) is 12.9. The van der Waals surface area contributed by atoms with Crippen molar-refractivity contribution in [3.63, 3.8) is 0 Å². The molecule has 22 heavy (non-hydrogen) atoms. The minimum atomic E-state index is -3.67. The van der Waals surface area contributed by atoms with Crippen molar-refractivity contribution in [2.45, 2.75) is 33.8 Å². The number of carboxylic acid groups (broad SMARTS) is 1. The molecule has 0 amide bonds. The van der Waals surface area contributed by atoms with Crippen LogP contribution in [-0.4, -0.2) is 43.9 Å². The van der Waals surface area contributed by atoms with Crippen molar-refractivity contribution in [2.75, 3.05) is 13.2 Å². The van der Waals surface area contributed by atoms with Gasteiger partial charge >= 0.3 is 19.5 Å². The maximum absolute atomic E-state index is 10.2. The zero-order chi connectivity index (χ0) is 18.6. The third kappa shape index (κ3) is 82.1. The summed E-state index contributed by atoms with van der Waals surface area (Å²) in [5.41, 5.74) is 0. The number of esters is 1. The second-order valence-corrected chi connectivity index (χ2v) is 3.08. The standard InChI is InChI=1S/C6H8O2.C4H10O.C3H2O2.BF3/c1-4-6(7)8-5(2)3;1-3-5-4-2;1-2-3(4)5;2-1(3)4/h1,5H,2-3H3;3-4H2,1-2H3;1H,(H,4,5);. The average molecular weight is 324 g/mol. The van der Waals surface area contributed by atoms with Crippen LogP contribution in [0.1, 0.15) is 27.7 Å². The summed E-state index contributed by atoms with van der Waals surface area (Å²) in [5, 5.41) is 7.49. The summed E-state index contributed by atoms with van der Waals surface area (Å²) in [5.74, 6) is 1.46. The van der Waals surface area contributed by atoms with E-state index < -0.39 is 19.5 Å². The Bertz CT molecular complexity index is 344. The molecule has 0 saturated heterocycles. The predicted molar refractivity (Wildman–Crippen MR) is 77.8 cm³/mol. The van der Waals surface area contributed by atoms with Crippen molar-refractivity contribution >= 4 is 19.5 Å². The monoisotopic (exact) mass is 324 g/mol. The van der Waals surface area contributed by atoms with Crippen molar-refractivity contribution in [3.8, 4) is 24.7 Å². The van der Waals surface area contributed by atoms with E-state index in [4.69, 9.17) is 21.1 Å². The molecule has 0 bridgehead atoms. The van der Waals surface area contributed by atoms with Crippen LogP contribution in [0.15, 0.2) is 0 Å². The van der Waals surface area contributed by atoms with Crippen molar-refractivity contribution in [2.24, 2.45) is 0 Å². The van der Waals surface area contributed by atoms with Crippen LogP contribution in [0.5, 0.6) is 0 Å². The summed E-state index contributed by atoms with van der Waals surface area (Å²) >= 11 is 0. The van der Waals surface area contributed by atoms with Crippen LogP contribution in [-0.2, 0) is 19.1 Å². The Morgan fingerprint density at radius 1 is 1.14 bits per heavy atom. The number of hydrogen-bond acceptors (Lipinski definition) is 4. The molecule has 0 aliphatic rings. The van der Waals surface area contributed by atoms with E-state index in [-0.39, 0.29) is 6.10 Å². The van der Waals surface area contributed by atoms with Crippen molar-refractivity contribution in [1.29, 1.82) is 0 Å². The topological polar surface area (TPSA) is 72.8 Å². The van der Waals surface area contributed by atoms with Gasteiger partial charge in [0.1, 0.15) is 0 Å². The van der Waals surface area contributed by atoms with E-state index in [1.165, 1.54) is 5.92 Å². The molecule has 0 rings (SSSR count). The van der Waals surface area contributed by atoms with Gasteiger partial charge in [0.2, 0.25) is 0 Å². The lowest BCUT2D eigenvalue weighted by molar-refractivity contribution is -0.140. The molecule has 0 spiro atoms. The molecule has 0 radical (unpaired) electrons. The zero-order valence-corrected chi connectivity index (χ0v) is 12.9. The largest absolute Gasteiger partial charge is 0.762 e. The molecule has 0 heterocycles. The summed E-state index contributed by atoms with van der Waals surface area (Å²) in [6.07, 6.45) is 8.91. The molecule has 0 aromatic carbocycles. The van der Waals surface area contributed by atoms with Gasteiger partial charge in [0.25, 0.3) is 0 Å². The van der Waals surface area contributed by atoms with Gasteiger partial charge in [-0.3, -0.25) is 12.9 Å². The Hall–Kier alpha value is -2.13. The lowest BCUT2D eigenvalue weighted by atomic mass is 10.5. The number of carbonyl (C=O) groups excluding carboxylic acids is 1. The summed E-state index contributed by atoms with van der Waals surface area (Å²) in [6, 6.07) is 0. The first-order valence-corrected chi connectivity index (χ1v) is 5.95. The highest BCUT2D eigenvalue weighted by molar-refractivity contribution is 6.33. The number of rotatable bonds is 3. The van der Waals surface area contributed by atoms with Gasteiger partial charge in [0.05, 0.1) is 6.10 Å². The maximum atomic E-state index is 10.2. The first-order valence-electron chi connectivity index (χ1n) is 5.95. The molecular formula is C13H20BF3O5. The highest BCUT2D eigenvalue weighted by Gasteiger charge is 2.06. The summed E-state index contributed by atoms with van der Waals surface area (Å²) < 4.78 is 38.4. The Kier molecular flexibility index (Phi) is 30.6. The molecule has 9 heteroatoms. The normalized spacial score (nSPS) is 7.36. The number of ether oxygens (including phenoxy) is 2. The van der Waals surface area contributed by atoms with Gasteiger partial charge in [0, 0.05) is 25.1 Å². The first kappa shape index (κ1) is 28.1. The van der Waals surface area contributed by atoms with Gasteiger partial charge in [0.15, 0.2) is 0 Å². The second-order valence-electron chi connectivity index (χ2n) is 3.08. The number of carboxylic acids is 1. The quantitative estimate of drug-likeness (QED) is 0.373. The number of halogens is 3. The van der Waals surface area contributed by atoms with Crippen molar-refractivity contribution in [1.82, 2.24) is 0 Å². The van der Waals surface area contributed by atoms with Crippen molar-refractivity contribution in [3.05, 3.63) is 0 Å². The Balaban J connectivity index is -0.000000102. The van der Waals surface area contributed by atoms with Gasteiger partial charge in [-0.15, -0.1) is 12.8 Å². The number of terminal acetylenes is 2. The van der Waals surface area contributed by atoms with Gasteiger partial charge < -0.3 is 14.6 Å². The van der Waals surface area contributed by atoms with E-state index in [1.807, 2.05) is 19.8 Å². The highest BCUT2D eigenvalue weighted by atomic mass is 19.4. The molecule has 0 fully saturated rings. The van der Waals surface area contributed by atoms with Crippen LogP contribution in [0.25, 0.3) is 0 Å². The highest BCUT2D eigenvalue weighted by Crippen LogP contribution is 1.85. The molecule has 0 saturated carbocycles. The number of hydrogen-bond donors (Lipinski definition) is 1. The second kappa shape index (κ2) is 23.9. The Morgan fingerprint density at radius 2 is 1.45 bits per heavy atom. The summed E-state index contributed by atoms with van der Waals surface area (Å²) in [7, 11) is -3.67. The minimum Gasteiger partial charge on any atom is -0.472 e. The van der Waals surface area contributed by atoms with Crippen LogP contribution >= 0.6 is 0 Å². The van der Waals surface area contributed by atoms with Crippen LogP contribution < -0.4 is 0 Å². The summed E-state index contributed by atoms with van der Waals surface area (Å²) in [6.45, 7) is 9.16. The molecule has 126 valence electrons. The average Bonchev–Trinajstić information content (AvgIpc) is 2.39. The van der Waals surface area contributed by atoms with Gasteiger partial charge in [-0.25, -0.2) is 9.59 Å². The predicted octanol–water partition coefficient (Wildman–Crippen LogP) is 2.20. The number of aliphatic carboxylic acids is 1. The first-order chi connectivity index (χ1) is 10.1. The molecular weight excluding hydrogens is 304 g/mol. The van der Waals surface area contributed by atoms with Gasteiger partial charge in [-0.2, -0.15) is 0 Å². The minimum absolute atomic E-state index is 0.112. The molecule has 0 atom stereocenters. The fourth-order valence-electron chi connectivity index (χ4n) is 0.452. The maximum Gasteiger partial charge on any atom is 0.762 e. The van der Waals surface area contributed by atoms with Crippen LogP contribution in [0, 0.1) is 24.7 Å². The number of carbonyl (C=O) groups is 2. The smallest absolute Gasteiger partial charge is 0.472 e. The lowest BCUT2D eigenvalue weighted by Crippen LogP contribution is -2.08. The van der Waals surface area contributed by atoms with E-state index in [0.717, 1.165) is 13.2 Å². The molecule has 0 aliphatic heterocycles. The van der Waals surface area contributed by atoms with E-state index >= 15 is 0 Å². The lowest BCUT2D eigenvalue weighted by Gasteiger charge is -2.01. The van der Waals surface area contributed by atoms with E-state index in [1.54, 1.807) is 13.8 Å². The molecule has 0 unspecified atom stereocenters. The fraction of sp³-hybridized carbons (Fsp3) is 0.538. The molecule has 0 aromatic heterocycles. The van der Waals surface area contributed by atoms with E-state index in [2.05, 4.69) is 11.2 Å². The van der Waals surface area contributed by atoms with Gasteiger partial charge in [-0.1, -0.05) is 0 Å². The molecule has 1 N–H and O–H groups in total. The Labute approximate surface area is 129 Å². The van der Waals surface area contributed by atoms with E-state index in [0.29, 0.717) is 0 Å².